The Bertz CT molecular complexity index is 371. The molecule has 0 aliphatic heterocycles. The molecular formula is C10H9F2NO. The van der Waals surface area contributed by atoms with E-state index in [1.54, 1.807) is 13.0 Å². The van der Waals surface area contributed by atoms with Crippen molar-refractivity contribution in [1.82, 2.24) is 0 Å². The summed E-state index contributed by atoms with van der Waals surface area (Å²) >= 11 is 0. The van der Waals surface area contributed by atoms with Crippen molar-refractivity contribution < 1.29 is 13.5 Å². The molecule has 0 N–H and O–H groups in total. The van der Waals surface area contributed by atoms with Crippen molar-refractivity contribution in [2.75, 3.05) is 6.61 Å². The normalized spacial score (nSPS) is 9.57. The number of hydrogen-bond donors (Lipinski definition) is 0. The lowest BCUT2D eigenvalue weighted by Crippen LogP contribution is -2.00. The van der Waals surface area contributed by atoms with Gasteiger partial charge in [-0.15, -0.1) is 0 Å². The van der Waals surface area contributed by atoms with E-state index in [0.29, 0.717) is 0 Å². The summed E-state index contributed by atoms with van der Waals surface area (Å²) in [5.74, 6) is -2.15. The Kier molecular flexibility index (Phi) is 3.41. The zero-order valence-electron chi connectivity index (χ0n) is 7.68. The van der Waals surface area contributed by atoms with Gasteiger partial charge < -0.3 is 4.74 Å². The number of ether oxygens (including phenoxy) is 1. The quantitative estimate of drug-likeness (QED) is 0.745. The first-order valence-electron chi connectivity index (χ1n) is 4.17. The summed E-state index contributed by atoms with van der Waals surface area (Å²) in [5.41, 5.74) is 0.0495. The van der Waals surface area contributed by atoms with Gasteiger partial charge in [0.25, 0.3) is 0 Å². The summed E-state index contributed by atoms with van der Waals surface area (Å²) < 4.78 is 31.2. The van der Waals surface area contributed by atoms with Crippen LogP contribution in [0.5, 0.6) is 5.75 Å². The minimum atomic E-state index is -1.03. The molecule has 1 rings (SSSR count). The van der Waals surface area contributed by atoms with Crippen LogP contribution in [0.25, 0.3) is 0 Å². The third-order valence-corrected chi connectivity index (χ3v) is 1.70. The van der Waals surface area contributed by atoms with Gasteiger partial charge in [-0.25, -0.2) is 4.39 Å². The SMILES string of the molecule is CCOc1ccc(CC#N)c(F)c1F. The maximum absolute atomic E-state index is 13.2. The summed E-state index contributed by atoms with van der Waals surface area (Å²) in [6, 6.07) is 4.44. The van der Waals surface area contributed by atoms with Crippen LogP contribution >= 0.6 is 0 Å². The van der Waals surface area contributed by atoms with Crippen LogP contribution in [-0.2, 0) is 6.42 Å². The van der Waals surface area contributed by atoms with E-state index in [0.717, 1.165) is 0 Å². The van der Waals surface area contributed by atoms with E-state index >= 15 is 0 Å². The van der Waals surface area contributed by atoms with E-state index in [1.807, 2.05) is 0 Å². The first-order valence-corrected chi connectivity index (χ1v) is 4.17. The highest BCUT2D eigenvalue weighted by molar-refractivity contribution is 5.32. The Balaban J connectivity index is 3.07. The molecule has 74 valence electrons. The molecule has 1 aromatic carbocycles. The van der Waals surface area contributed by atoms with Crippen molar-refractivity contribution in [2.45, 2.75) is 13.3 Å². The van der Waals surface area contributed by atoms with Crippen LogP contribution in [0, 0.1) is 23.0 Å². The van der Waals surface area contributed by atoms with Crippen molar-refractivity contribution in [3.8, 4) is 11.8 Å². The summed E-state index contributed by atoms with van der Waals surface area (Å²) in [6.45, 7) is 1.95. The second kappa shape index (κ2) is 4.56. The molecule has 0 amide bonds. The molecule has 0 aromatic heterocycles. The second-order valence-electron chi connectivity index (χ2n) is 2.62. The molecule has 0 fully saturated rings. The molecule has 2 nitrogen and oxygen atoms in total. The lowest BCUT2D eigenvalue weighted by Gasteiger charge is -2.06. The maximum atomic E-state index is 13.2. The summed E-state index contributed by atoms with van der Waals surface area (Å²) in [7, 11) is 0. The maximum Gasteiger partial charge on any atom is 0.200 e. The number of benzene rings is 1. The third kappa shape index (κ3) is 1.99. The molecule has 0 radical (unpaired) electrons. The van der Waals surface area contributed by atoms with Crippen LogP contribution in [-0.4, -0.2) is 6.61 Å². The Labute approximate surface area is 80.7 Å². The highest BCUT2D eigenvalue weighted by Crippen LogP contribution is 2.22. The number of rotatable bonds is 3. The van der Waals surface area contributed by atoms with E-state index in [-0.39, 0.29) is 24.3 Å². The van der Waals surface area contributed by atoms with Crippen molar-refractivity contribution in [2.24, 2.45) is 0 Å². The van der Waals surface area contributed by atoms with Gasteiger partial charge in [0.1, 0.15) is 0 Å². The lowest BCUT2D eigenvalue weighted by molar-refractivity contribution is 0.313. The highest BCUT2D eigenvalue weighted by atomic mass is 19.2. The molecular weight excluding hydrogens is 188 g/mol. The van der Waals surface area contributed by atoms with E-state index in [1.165, 1.54) is 12.1 Å². The Morgan fingerprint density at radius 3 is 2.64 bits per heavy atom. The Morgan fingerprint density at radius 2 is 2.07 bits per heavy atom. The number of nitriles is 1. The van der Waals surface area contributed by atoms with Gasteiger partial charge in [-0.3, -0.25) is 0 Å². The predicted octanol–water partition coefficient (Wildman–Crippen LogP) is 2.43. The first-order chi connectivity index (χ1) is 6.70. The minimum absolute atomic E-state index is 0.0495. The molecule has 0 bridgehead atoms. The van der Waals surface area contributed by atoms with Crippen LogP contribution in [0.4, 0.5) is 8.78 Å². The molecule has 0 aliphatic rings. The van der Waals surface area contributed by atoms with E-state index in [9.17, 15) is 8.78 Å². The summed E-state index contributed by atoms with van der Waals surface area (Å²) in [4.78, 5) is 0. The number of hydrogen-bond acceptors (Lipinski definition) is 2. The largest absolute Gasteiger partial charge is 0.491 e. The molecule has 0 saturated carbocycles. The van der Waals surface area contributed by atoms with Gasteiger partial charge in [0.15, 0.2) is 11.6 Å². The second-order valence-corrected chi connectivity index (χ2v) is 2.62. The highest BCUT2D eigenvalue weighted by Gasteiger charge is 2.13. The van der Waals surface area contributed by atoms with Crippen LogP contribution < -0.4 is 4.74 Å². The molecule has 14 heavy (non-hydrogen) atoms. The van der Waals surface area contributed by atoms with Gasteiger partial charge in [0.2, 0.25) is 5.82 Å². The average Bonchev–Trinajstić information content (AvgIpc) is 2.18. The van der Waals surface area contributed by atoms with Crippen molar-refractivity contribution in [3.05, 3.63) is 29.3 Å². The molecule has 0 saturated heterocycles. The fourth-order valence-electron chi connectivity index (χ4n) is 1.06. The third-order valence-electron chi connectivity index (χ3n) is 1.70. The summed E-state index contributed by atoms with van der Waals surface area (Å²) in [5, 5.41) is 8.34. The van der Waals surface area contributed by atoms with Gasteiger partial charge >= 0.3 is 0 Å². The van der Waals surface area contributed by atoms with Crippen LogP contribution in [0.3, 0.4) is 0 Å². The van der Waals surface area contributed by atoms with Crippen molar-refractivity contribution >= 4 is 0 Å². The average molecular weight is 197 g/mol. The molecule has 0 atom stereocenters. The van der Waals surface area contributed by atoms with Gasteiger partial charge in [-0.05, 0) is 13.0 Å². The van der Waals surface area contributed by atoms with Gasteiger partial charge in [0.05, 0.1) is 19.1 Å². The van der Waals surface area contributed by atoms with Gasteiger partial charge in [-0.2, -0.15) is 9.65 Å². The van der Waals surface area contributed by atoms with Gasteiger partial charge in [0, 0.05) is 5.56 Å². The first kappa shape index (κ1) is 10.5. The smallest absolute Gasteiger partial charge is 0.200 e. The fourth-order valence-corrected chi connectivity index (χ4v) is 1.06. The molecule has 1 aromatic rings. The topological polar surface area (TPSA) is 33.0 Å². The van der Waals surface area contributed by atoms with E-state index in [4.69, 9.17) is 10.00 Å². The fraction of sp³-hybridized carbons (Fsp3) is 0.300. The predicted molar refractivity (Wildman–Crippen MR) is 46.8 cm³/mol. The summed E-state index contributed by atoms with van der Waals surface area (Å²) in [6.07, 6.45) is -0.144. The van der Waals surface area contributed by atoms with E-state index in [2.05, 4.69) is 0 Å². The Hall–Kier alpha value is -1.63. The number of nitrogens with zero attached hydrogens (tertiary/aromatic N) is 1. The van der Waals surface area contributed by atoms with Gasteiger partial charge in [-0.1, -0.05) is 6.07 Å². The zero-order chi connectivity index (χ0) is 10.6. The van der Waals surface area contributed by atoms with E-state index < -0.39 is 11.6 Å². The van der Waals surface area contributed by atoms with Crippen LogP contribution in [0.1, 0.15) is 12.5 Å². The standard InChI is InChI=1S/C10H9F2NO/c1-2-14-8-4-3-7(5-6-13)9(11)10(8)12/h3-4H,2,5H2,1H3. The molecule has 0 aliphatic carbocycles. The molecule has 0 spiro atoms. The molecule has 4 heteroatoms. The monoisotopic (exact) mass is 197 g/mol. The van der Waals surface area contributed by atoms with Crippen molar-refractivity contribution in [1.29, 1.82) is 5.26 Å². The minimum Gasteiger partial charge on any atom is -0.491 e. The Morgan fingerprint density at radius 1 is 1.36 bits per heavy atom. The number of halogens is 2. The molecule has 0 heterocycles. The molecule has 0 unspecified atom stereocenters. The lowest BCUT2D eigenvalue weighted by atomic mass is 10.1. The zero-order valence-corrected chi connectivity index (χ0v) is 7.68. The van der Waals surface area contributed by atoms with Crippen molar-refractivity contribution in [3.63, 3.8) is 0 Å². The van der Waals surface area contributed by atoms with Crippen LogP contribution in [0.2, 0.25) is 0 Å². The van der Waals surface area contributed by atoms with Crippen LogP contribution in [0.15, 0.2) is 12.1 Å².